The second kappa shape index (κ2) is 8.31. The van der Waals surface area contributed by atoms with Gasteiger partial charge in [0, 0.05) is 39.3 Å². The predicted molar refractivity (Wildman–Crippen MR) is 113 cm³/mol. The lowest BCUT2D eigenvalue weighted by molar-refractivity contribution is -0.383. The van der Waals surface area contributed by atoms with Crippen LogP contribution >= 0.6 is 0 Å². The maximum absolute atomic E-state index is 12.0. The number of nitrogens with zero attached hydrogens (tertiary/aromatic N) is 6. The fraction of sp³-hybridized carbons (Fsp3) is 0.500. The van der Waals surface area contributed by atoms with E-state index in [1.165, 1.54) is 6.33 Å². The summed E-state index contributed by atoms with van der Waals surface area (Å²) in [5.74, 6) is 2.10. The number of ether oxygens (including phenoxy) is 2. The highest BCUT2D eigenvalue weighted by Crippen LogP contribution is 2.38. The van der Waals surface area contributed by atoms with Crippen molar-refractivity contribution in [2.75, 3.05) is 63.8 Å². The van der Waals surface area contributed by atoms with Gasteiger partial charge in [0.2, 0.25) is 11.6 Å². The summed E-state index contributed by atoms with van der Waals surface area (Å²) in [5, 5.41) is 12.0. The van der Waals surface area contributed by atoms with Gasteiger partial charge in [-0.2, -0.15) is 0 Å². The van der Waals surface area contributed by atoms with Gasteiger partial charge in [0.05, 0.1) is 19.1 Å². The molecule has 2 aliphatic heterocycles. The van der Waals surface area contributed by atoms with Gasteiger partial charge in [-0.05, 0) is 36.7 Å². The van der Waals surface area contributed by atoms with E-state index in [2.05, 4.69) is 14.9 Å². The maximum atomic E-state index is 12.0. The number of hydrogen-bond donors (Lipinski definition) is 0. The summed E-state index contributed by atoms with van der Waals surface area (Å²) in [5.41, 5.74) is 2.18. The fourth-order valence-electron chi connectivity index (χ4n) is 4.07. The third-order valence-corrected chi connectivity index (χ3v) is 5.79. The van der Waals surface area contributed by atoms with Crippen molar-refractivity contribution in [3.63, 3.8) is 0 Å². The van der Waals surface area contributed by atoms with Crippen molar-refractivity contribution in [2.45, 2.75) is 13.0 Å². The van der Waals surface area contributed by atoms with E-state index in [1.807, 2.05) is 29.0 Å². The molecule has 0 N–H and O–H groups in total. The van der Waals surface area contributed by atoms with Crippen molar-refractivity contribution in [1.29, 1.82) is 0 Å². The van der Waals surface area contributed by atoms with E-state index in [4.69, 9.17) is 9.47 Å². The minimum atomic E-state index is -0.354. The smallest absolute Gasteiger partial charge is 0.353 e. The normalized spacial score (nSPS) is 16.9. The lowest BCUT2D eigenvalue weighted by atomic mass is 9.98. The molecule has 2 aliphatic rings. The summed E-state index contributed by atoms with van der Waals surface area (Å²) in [6.45, 7) is 4.23. The van der Waals surface area contributed by atoms with Crippen LogP contribution < -0.4 is 19.3 Å². The molecule has 2 aromatic rings. The average molecular weight is 414 g/mol. The van der Waals surface area contributed by atoms with Gasteiger partial charge in [0.15, 0.2) is 11.5 Å². The van der Waals surface area contributed by atoms with E-state index in [0.29, 0.717) is 49.3 Å². The molecule has 160 valence electrons. The van der Waals surface area contributed by atoms with E-state index >= 15 is 0 Å². The van der Waals surface area contributed by atoms with E-state index in [1.54, 1.807) is 14.2 Å². The number of nitro groups is 1. The highest BCUT2D eigenvalue weighted by Gasteiger charge is 2.32. The number of hydrogen-bond acceptors (Lipinski definition) is 9. The van der Waals surface area contributed by atoms with Crippen LogP contribution in [0.4, 0.5) is 17.3 Å². The minimum Gasteiger partial charge on any atom is -0.493 e. The summed E-state index contributed by atoms with van der Waals surface area (Å²) < 4.78 is 10.8. The summed E-state index contributed by atoms with van der Waals surface area (Å²) in [6.07, 6.45) is 2.17. The molecule has 30 heavy (non-hydrogen) atoms. The fourth-order valence-corrected chi connectivity index (χ4v) is 4.07. The van der Waals surface area contributed by atoms with Crippen LogP contribution in [0.25, 0.3) is 0 Å². The van der Waals surface area contributed by atoms with Crippen molar-refractivity contribution in [2.24, 2.45) is 0 Å². The number of aromatic nitrogens is 2. The summed E-state index contributed by atoms with van der Waals surface area (Å²) in [7, 11) is 5.26. The Morgan fingerprint density at radius 2 is 1.53 bits per heavy atom. The van der Waals surface area contributed by atoms with E-state index in [9.17, 15) is 10.1 Å². The van der Waals surface area contributed by atoms with Gasteiger partial charge in [0.1, 0.15) is 6.33 Å². The lowest BCUT2D eigenvalue weighted by Gasteiger charge is -2.34. The van der Waals surface area contributed by atoms with Crippen molar-refractivity contribution in [3.8, 4) is 11.5 Å². The third-order valence-electron chi connectivity index (χ3n) is 5.79. The Morgan fingerprint density at radius 1 is 0.933 bits per heavy atom. The molecule has 0 unspecified atom stereocenters. The Hall–Kier alpha value is -3.14. The molecule has 0 spiro atoms. The number of rotatable bonds is 5. The molecule has 0 aliphatic carbocycles. The first-order valence-corrected chi connectivity index (χ1v) is 9.93. The molecule has 0 bridgehead atoms. The Bertz CT molecular complexity index is 945. The number of anilines is 2. The molecule has 1 fully saturated rings. The highest BCUT2D eigenvalue weighted by atomic mass is 16.6. The predicted octanol–water partition coefficient (Wildman–Crippen LogP) is 1.72. The van der Waals surface area contributed by atoms with Gasteiger partial charge >= 0.3 is 5.69 Å². The molecule has 10 nitrogen and oxygen atoms in total. The SMILES string of the molecule is COc1cc2c(cc1OC)CN(c1ncnc(N3CCN(C)CC3)c1[N+](=O)[O-])CC2. The monoisotopic (exact) mass is 414 g/mol. The van der Waals surface area contributed by atoms with E-state index < -0.39 is 0 Å². The Labute approximate surface area is 175 Å². The zero-order valence-corrected chi connectivity index (χ0v) is 17.5. The van der Waals surface area contributed by atoms with Gasteiger partial charge in [-0.1, -0.05) is 0 Å². The molecule has 0 radical (unpaired) electrons. The Balaban J connectivity index is 1.68. The molecule has 10 heteroatoms. The van der Waals surface area contributed by atoms with Crippen LogP contribution in [0.1, 0.15) is 11.1 Å². The van der Waals surface area contributed by atoms with Crippen LogP contribution in [0, 0.1) is 10.1 Å². The molecule has 1 aromatic carbocycles. The van der Waals surface area contributed by atoms with Gasteiger partial charge in [-0.3, -0.25) is 10.1 Å². The molecule has 1 saturated heterocycles. The molecular weight excluding hydrogens is 388 g/mol. The van der Waals surface area contributed by atoms with Crippen molar-refractivity contribution in [3.05, 3.63) is 39.7 Å². The van der Waals surface area contributed by atoms with Crippen molar-refractivity contribution in [1.82, 2.24) is 14.9 Å². The Kier molecular flexibility index (Phi) is 5.58. The van der Waals surface area contributed by atoms with E-state index in [-0.39, 0.29) is 10.6 Å². The molecule has 0 atom stereocenters. The first-order chi connectivity index (χ1) is 14.5. The number of fused-ring (bicyclic) bond motifs is 1. The van der Waals surface area contributed by atoms with Crippen LogP contribution in [-0.2, 0) is 13.0 Å². The summed E-state index contributed by atoms with van der Waals surface area (Å²) in [6, 6.07) is 3.92. The van der Waals surface area contributed by atoms with Crippen molar-refractivity contribution >= 4 is 17.3 Å². The number of benzene rings is 1. The molecule has 3 heterocycles. The third kappa shape index (κ3) is 3.70. The topological polar surface area (TPSA) is 97.1 Å². The van der Waals surface area contributed by atoms with Crippen LogP contribution in [0.2, 0.25) is 0 Å². The molecule has 1 aromatic heterocycles. The maximum Gasteiger partial charge on any atom is 0.353 e. The first-order valence-electron chi connectivity index (χ1n) is 9.93. The number of methoxy groups -OCH3 is 2. The van der Waals surface area contributed by atoms with Gasteiger partial charge in [0.25, 0.3) is 0 Å². The standard InChI is InChI=1S/C20H26N6O4/c1-23-6-8-24(9-7-23)19-18(26(27)28)20(22-13-21-19)25-5-4-14-10-16(29-2)17(30-3)11-15(14)12-25/h10-11,13H,4-9,12H2,1-3H3. The summed E-state index contributed by atoms with van der Waals surface area (Å²) >= 11 is 0. The average Bonchev–Trinajstić information content (AvgIpc) is 2.77. The largest absolute Gasteiger partial charge is 0.493 e. The zero-order chi connectivity index (χ0) is 21.3. The van der Waals surface area contributed by atoms with E-state index in [0.717, 1.165) is 30.6 Å². The molecular formula is C20H26N6O4. The second-order valence-electron chi connectivity index (χ2n) is 7.56. The van der Waals surface area contributed by atoms with Crippen LogP contribution in [0.5, 0.6) is 11.5 Å². The summed E-state index contributed by atoms with van der Waals surface area (Å²) in [4.78, 5) is 26.4. The number of piperazine rings is 1. The zero-order valence-electron chi connectivity index (χ0n) is 17.5. The van der Waals surface area contributed by atoms with Crippen molar-refractivity contribution < 1.29 is 14.4 Å². The molecule has 0 amide bonds. The Morgan fingerprint density at radius 3 is 2.13 bits per heavy atom. The minimum absolute atomic E-state index is 0.0222. The molecule has 0 saturated carbocycles. The lowest BCUT2D eigenvalue weighted by Crippen LogP contribution is -2.45. The van der Waals surface area contributed by atoms with Gasteiger partial charge < -0.3 is 24.2 Å². The second-order valence-corrected chi connectivity index (χ2v) is 7.56. The van der Waals surface area contributed by atoms with Crippen LogP contribution in [-0.4, -0.2) is 73.8 Å². The van der Waals surface area contributed by atoms with Crippen LogP contribution in [0.15, 0.2) is 18.5 Å². The van der Waals surface area contributed by atoms with Gasteiger partial charge in [-0.15, -0.1) is 0 Å². The molecule has 4 rings (SSSR count). The van der Waals surface area contributed by atoms with Crippen LogP contribution in [0.3, 0.4) is 0 Å². The number of likely N-dealkylation sites (N-methyl/N-ethyl adjacent to an activating group) is 1. The van der Waals surface area contributed by atoms with Gasteiger partial charge in [-0.25, -0.2) is 9.97 Å². The first kappa shape index (κ1) is 20.1. The highest BCUT2D eigenvalue weighted by molar-refractivity contribution is 5.72. The quantitative estimate of drug-likeness (QED) is 0.535.